The Morgan fingerprint density at radius 2 is 1.78 bits per heavy atom. The van der Waals surface area contributed by atoms with Gasteiger partial charge in [-0.05, 0) is 43.4 Å². The molecule has 0 amide bonds. The van der Waals surface area contributed by atoms with E-state index < -0.39 is 52.1 Å². The summed E-state index contributed by atoms with van der Waals surface area (Å²) < 4.78 is 33.0. The molecule has 1 aromatic rings. The topological polar surface area (TPSA) is 147 Å². The molecule has 0 unspecified atom stereocenters. The molecule has 202 valence electrons. The molecule has 1 spiro atoms. The Kier molecular flexibility index (Phi) is 5.69. The van der Waals surface area contributed by atoms with Crippen LogP contribution in [-0.4, -0.2) is 79.5 Å². The van der Waals surface area contributed by atoms with Crippen LogP contribution in [-0.2, 0) is 35.0 Å². The average molecular weight is 521 g/mol. The van der Waals surface area contributed by atoms with Gasteiger partial charge in [0.05, 0.1) is 38.8 Å². The van der Waals surface area contributed by atoms with Crippen LogP contribution in [0.25, 0.3) is 0 Å². The van der Waals surface area contributed by atoms with Crippen LogP contribution in [0.5, 0.6) is 17.2 Å². The zero-order chi connectivity index (χ0) is 27.0. The van der Waals surface area contributed by atoms with Crippen LogP contribution in [0.3, 0.4) is 0 Å². The molecule has 37 heavy (non-hydrogen) atoms. The van der Waals surface area contributed by atoms with Crippen molar-refractivity contribution >= 4 is 17.9 Å². The SMILES string of the molecule is COc1cc(CC(=O)O[C@]23C(=O)OC[C@@]2(C)[C@@]2(O)CC[C@@H](C)[C@]24C[C@H]3OC(=O)[C@@H]4O)cc(OC)c1OC. The van der Waals surface area contributed by atoms with Gasteiger partial charge in [0, 0.05) is 11.8 Å². The molecule has 5 rings (SSSR count). The van der Waals surface area contributed by atoms with Gasteiger partial charge in [-0.25, -0.2) is 9.59 Å². The lowest BCUT2D eigenvalue weighted by Gasteiger charge is -2.64. The van der Waals surface area contributed by atoms with Crippen LogP contribution < -0.4 is 14.2 Å². The number of esters is 3. The number of hydrogen-bond donors (Lipinski definition) is 2. The van der Waals surface area contributed by atoms with E-state index in [-0.39, 0.29) is 31.8 Å². The van der Waals surface area contributed by atoms with Crippen LogP contribution in [0.2, 0.25) is 0 Å². The van der Waals surface area contributed by atoms with Gasteiger partial charge in [-0.2, -0.15) is 0 Å². The molecule has 11 heteroatoms. The summed E-state index contributed by atoms with van der Waals surface area (Å²) in [6.07, 6.45) is -2.43. The third-order valence-corrected chi connectivity index (χ3v) is 9.41. The Balaban J connectivity index is 1.55. The molecule has 2 saturated carbocycles. The third kappa shape index (κ3) is 2.92. The molecule has 2 aliphatic carbocycles. The summed E-state index contributed by atoms with van der Waals surface area (Å²) in [6, 6.07) is 3.17. The van der Waals surface area contributed by atoms with Gasteiger partial charge in [0.1, 0.15) is 6.61 Å². The van der Waals surface area contributed by atoms with Crippen LogP contribution in [0.15, 0.2) is 12.1 Å². The molecule has 2 aliphatic heterocycles. The number of ether oxygens (including phenoxy) is 6. The molecule has 1 aromatic carbocycles. The number of aliphatic hydroxyl groups excluding tert-OH is 1. The number of rotatable bonds is 6. The first-order valence-corrected chi connectivity index (χ1v) is 12.2. The number of benzene rings is 1. The summed E-state index contributed by atoms with van der Waals surface area (Å²) in [5.74, 6) is -1.87. The normalized spacial score (nSPS) is 39.7. The summed E-state index contributed by atoms with van der Waals surface area (Å²) in [7, 11) is 4.35. The van der Waals surface area contributed by atoms with Crippen molar-refractivity contribution in [2.24, 2.45) is 16.7 Å². The zero-order valence-electron chi connectivity index (χ0n) is 21.5. The Labute approximate surface area is 213 Å². The Morgan fingerprint density at radius 3 is 2.38 bits per heavy atom. The standard InChI is InChI=1S/C26H32O11/c1-13-6-7-25(31)23(2)12-35-22(30)26(23,17-11-24(13,25)20(28)21(29)36-17)37-18(27)10-14-8-15(32-3)19(34-5)16(9-14)33-4/h8-9,13,17,20,28,31H,6-7,10-12H2,1-5H3/t13-,17-,20+,23+,24+,25+,26-/m1/s1. The van der Waals surface area contributed by atoms with E-state index in [1.807, 2.05) is 6.92 Å². The molecule has 7 atom stereocenters. The van der Waals surface area contributed by atoms with E-state index >= 15 is 0 Å². The fourth-order valence-corrected chi connectivity index (χ4v) is 7.48. The summed E-state index contributed by atoms with van der Waals surface area (Å²) in [5, 5.41) is 23.2. The van der Waals surface area contributed by atoms with Gasteiger partial charge in [-0.15, -0.1) is 0 Å². The quantitative estimate of drug-likeness (QED) is 0.408. The number of hydrogen-bond acceptors (Lipinski definition) is 11. The zero-order valence-corrected chi connectivity index (χ0v) is 21.5. The first-order chi connectivity index (χ1) is 17.5. The lowest BCUT2D eigenvalue weighted by Crippen LogP contribution is -2.81. The highest BCUT2D eigenvalue weighted by Gasteiger charge is 2.87. The van der Waals surface area contributed by atoms with Crippen molar-refractivity contribution in [2.75, 3.05) is 27.9 Å². The van der Waals surface area contributed by atoms with Crippen molar-refractivity contribution in [3.63, 3.8) is 0 Å². The minimum Gasteiger partial charge on any atom is -0.493 e. The minimum absolute atomic E-state index is 0.0419. The molecule has 4 aliphatic rings. The molecule has 0 aromatic heterocycles. The van der Waals surface area contributed by atoms with Gasteiger partial charge in [0.25, 0.3) is 5.60 Å². The van der Waals surface area contributed by atoms with Gasteiger partial charge in [-0.1, -0.05) is 6.92 Å². The number of carbonyl (C=O) groups excluding carboxylic acids is 3. The van der Waals surface area contributed by atoms with Gasteiger partial charge in [0.2, 0.25) is 5.75 Å². The highest BCUT2D eigenvalue weighted by Crippen LogP contribution is 2.72. The van der Waals surface area contributed by atoms with Crippen molar-refractivity contribution in [3.8, 4) is 17.2 Å². The molecular formula is C26H32O11. The Hall–Kier alpha value is -3.05. The summed E-state index contributed by atoms with van der Waals surface area (Å²) >= 11 is 0. The molecule has 2 bridgehead atoms. The maximum atomic E-state index is 13.4. The molecular weight excluding hydrogens is 488 g/mol. The van der Waals surface area contributed by atoms with E-state index in [1.165, 1.54) is 21.3 Å². The van der Waals surface area contributed by atoms with Crippen molar-refractivity contribution in [1.29, 1.82) is 0 Å². The summed E-state index contributed by atoms with van der Waals surface area (Å²) in [6.45, 7) is 3.21. The molecule has 4 fully saturated rings. The first kappa shape index (κ1) is 25.6. The van der Waals surface area contributed by atoms with Crippen molar-refractivity contribution in [2.45, 2.75) is 62.9 Å². The molecule has 0 radical (unpaired) electrons. The van der Waals surface area contributed by atoms with Crippen molar-refractivity contribution in [1.82, 2.24) is 0 Å². The second-order valence-corrected chi connectivity index (χ2v) is 10.7. The number of aliphatic hydroxyl groups is 2. The van der Waals surface area contributed by atoms with Gasteiger partial charge >= 0.3 is 17.9 Å². The van der Waals surface area contributed by atoms with E-state index in [4.69, 9.17) is 28.4 Å². The molecule has 2 N–H and O–H groups in total. The second kappa shape index (κ2) is 8.22. The van der Waals surface area contributed by atoms with Crippen LogP contribution in [0.4, 0.5) is 0 Å². The number of methoxy groups -OCH3 is 3. The Bertz CT molecular complexity index is 1140. The second-order valence-electron chi connectivity index (χ2n) is 10.7. The number of carbonyl (C=O) groups is 3. The van der Waals surface area contributed by atoms with Crippen LogP contribution >= 0.6 is 0 Å². The van der Waals surface area contributed by atoms with Crippen LogP contribution in [0.1, 0.15) is 38.7 Å². The maximum Gasteiger partial charge on any atom is 0.355 e. The van der Waals surface area contributed by atoms with E-state index in [0.717, 1.165) is 0 Å². The maximum absolute atomic E-state index is 13.4. The van der Waals surface area contributed by atoms with E-state index in [9.17, 15) is 24.6 Å². The lowest BCUT2D eigenvalue weighted by molar-refractivity contribution is -0.322. The summed E-state index contributed by atoms with van der Waals surface area (Å²) in [5.41, 5.74) is -6.09. The predicted octanol–water partition coefficient (Wildman–Crippen LogP) is 0.937. The Morgan fingerprint density at radius 1 is 1.14 bits per heavy atom. The van der Waals surface area contributed by atoms with E-state index in [1.54, 1.807) is 19.1 Å². The van der Waals surface area contributed by atoms with Gasteiger partial charge in [-0.3, -0.25) is 4.79 Å². The van der Waals surface area contributed by atoms with E-state index in [0.29, 0.717) is 29.2 Å². The fourth-order valence-electron chi connectivity index (χ4n) is 7.48. The monoisotopic (exact) mass is 520 g/mol. The van der Waals surface area contributed by atoms with E-state index in [2.05, 4.69) is 0 Å². The predicted molar refractivity (Wildman–Crippen MR) is 124 cm³/mol. The molecule has 2 heterocycles. The summed E-state index contributed by atoms with van der Waals surface area (Å²) in [4.78, 5) is 39.6. The van der Waals surface area contributed by atoms with Gasteiger partial charge < -0.3 is 38.6 Å². The first-order valence-electron chi connectivity index (χ1n) is 12.2. The fraction of sp³-hybridized carbons (Fsp3) is 0.654. The lowest BCUT2D eigenvalue weighted by atomic mass is 9.44. The smallest absolute Gasteiger partial charge is 0.355 e. The van der Waals surface area contributed by atoms with Crippen molar-refractivity contribution < 1.29 is 53.0 Å². The number of fused-ring (bicyclic) bond motifs is 4. The molecule has 11 nitrogen and oxygen atoms in total. The largest absolute Gasteiger partial charge is 0.493 e. The number of cyclic esters (lactones) is 1. The van der Waals surface area contributed by atoms with Crippen LogP contribution in [0, 0.1) is 16.7 Å². The molecule has 2 saturated heterocycles. The highest BCUT2D eigenvalue weighted by molar-refractivity contribution is 5.90. The van der Waals surface area contributed by atoms with Gasteiger partial charge in [0.15, 0.2) is 23.7 Å². The van der Waals surface area contributed by atoms with Crippen molar-refractivity contribution in [3.05, 3.63) is 17.7 Å². The highest BCUT2D eigenvalue weighted by atomic mass is 16.6. The third-order valence-electron chi connectivity index (χ3n) is 9.41. The minimum atomic E-state index is -2.08. The average Bonchev–Trinajstić information content (AvgIpc) is 3.29.